The van der Waals surface area contributed by atoms with Gasteiger partial charge in [0.25, 0.3) is 0 Å². The molecule has 0 aliphatic carbocycles. The number of nitrogens with two attached hydrogens (primary N) is 1. The Morgan fingerprint density at radius 3 is 2.59 bits per heavy atom. The van der Waals surface area contributed by atoms with E-state index in [1.165, 1.54) is 6.20 Å². The number of esters is 1. The van der Waals surface area contributed by atoms with Crippen molar-refractivity contribution in [2.45, 2.75) is 6.92 Å². The summed E-state index contributed by atoms with van der Waals surface area (Å²) in [7, 11) is 3.11. The summed E-state index contributed by atoms with van der Waals surface area (Å²) in [5.41, 5.74) is 8.06. The van der Waals surface area contributed by atoms with Gasteiger partial charge in [-0.05, 0) is 31.2 Å². The standard InChI is InChI=1S/C21H22N4O4/c1-4-29-21(26)16-12-23-19(13-6-5-7-14(22)10-13)25-20(16)24-15-8-9-17(27-2)18(11-15)28-3/h5-12H,4,22H2,1-3H3,(H,23,24,25). The summed E-state index contributed by atoms with van der Waals surface area (Å²) in [4.78, 5) is 21.2. The quantitative estimate of drug-likeness (QED) is 0.462. The number of benzene rings is 2. The summed E-state index contributed by atoms with van der Waals surface area (Å²) in [6.45, 7) is 1.98. The number of hydrogen-bond donors (Lipinski definition) is 2. The third kappa shape index (κ3) is 4.55. The van der Waals surface area contributed by atoms with Gasteiger partial charge in [-0.15, -0.1) is 0 Å². The summed E-state index contributed by atoms with van der Waals surface area (Å²) in [5.74, 6) is 1.35. The topological polar surface area (TPSA) is 109 Å². The van der Waals surface area contributed by atoms with Crippen LogP contribution in [0.15, 0.2) is 48.7 Å². The van der Waals surface area contributed by atoms with E-state index >= 15 is 0 Å². The number of aromatic nitrogens is 2. The van der Waals surface area contributed by atoms with E-state index in [0.29, 0.717) is 34.5 Å². The highest BCUT2D eigenvalue weighted by Crippen LogP contribution is 2.32. The fourth-order valence-electron chi connectivity index (χ4n) is 2.70. The van der Waals surface area contributed by atoms with Crippen molar-refractivity contribution in [3.63, 3.8) is 0 Å². The molecule has 8 heteroatoms. The van der Waals surface area contributed by atoms with E-state index in [1.807, 2.05) is 12.1 Å². The fraction of sp³-hybridized carbons (Fsp3) is 0.190. The Kier molecular flexibility index (Phi) is 6.13. The normalized spacial score (nSPS) is 10.3. The van der Waals surface area contributed by atoms with Crippen LogP contribution in [-0.4, -0.2) is 36.8 Å². The molecule has 0 amide bonds. The van der Waals surface area contributed by atoms with Crippen LogP contribution in [-0.2, 0) is 4.74 Å². The molecular weight excluding hydrogens is 372 g/mol. The Hall–Kier alpha value is -3.81. The maximum atomic E-state index is 12.4. The molecule has 0 bridgehead atoms. The fourth-order valence-corrected chi connectivity index (χ4v) is 2.70. The number of ether oxygens (including phenoxy) is 3. The molecule has 2 aromatic carbocycles. The first kappa shape index (κ1) is 19.9. The Morgan fingerprint density at radius 2 is 1.90 bits per heavy atom. The van der Waals surface area contributed by atoms with E-state index in [9.17, 15) is 4.79 Å². The molecule has 1 heterocycles. The smallest absolute Gasteiger partial charge is 0.343 e. The minimum atomic E-state index is -0.519. The molecule has 0 unspecified atom stereocenters. The first-order chi connectivity index (χ1) is 14.0. The Bertz CT molecular complexity index is 1020. The van der Waals surface area contributed by atoms with Gasteiger partial charge < -0.3 is 25.3 Å². The van der Waals surface area contributed by atoms with Crippen LogP contribution in [0.25, 0.3) is 11.4 Å². The average molecular weight is 394 g/mol. The van der Waals surface area contributed by atoms with Gasteiger partial charge in [-0.2, -0.15) is 0 Å². The van der Waals surface area contributed by atoms with Crippen LogP contribution in [0.3, 0.4) is 0 Å². The maximum Gasteiger partial charge on any atom is 0.343 e. The van der Waals surface area contributed by atoms with Crippen molar-refractivity contribution in [3.8, 4) is 22.9 Å². The van der Waals surface area contributed by atoms with Gasteiger partial charge in [0.15, 0.2) is 17.3 Å². The minimum absolute atomic E-state index is 0.217. The highest BCUT2D eigenvalue weighted by atomic mass is 16.5. The number of nitrogens with one attached hydrogen (secondary N) is 1. The second kappa shape index (κ2) is 8.92. The third-order valence-corrected chi connectivity index (χ3v) is 4.08. The van der Waals surface area contributed by atoms with Crippen LogP contribution < -0.4 is 20.5 Å². The highest BCUT2D eigenvalue weighted by Gasteiger charge is 2.17. The molecule has 0 spiro atoms. The number of rotatable bonds is 7. The Morgan fingerprint density at radius 1 is 1.10 bits per heavy atom. The minimum Gasteiger partial charge on any atom is -0.493 e. The lowest BCUT2D eigenvalue weighted by molar-refractivity contribution is 0.0526. The molecule has 3 rings (SSSR count). The van der Waals surface area contributed by atoms with Gasteiger partial charge in [0.2, 0.25) is 0 Å². The number of hydrogen-bond acceptors (Lipinski definition) is 8. The third-order valence-electron chi connectivity index (χ3n) is 4.08. The van der Waals surface area contributed by atoms with Crippen LogP contribution in [0.1, 0.15) is 17.3 Å². The number of carbonyl (C=O) groups is 1. The number of nitrogens with zero attached hydrogens (tertiary/aromatic N) is 2. The van der Waals surface area contributed by atoms with Crippen molar-refractivity contribution < 1.29 is 19.0 Å². The zero-order valence-electron chi connectivity index (χ0n) is 16.4. The first-order valence-electron chi connectivity index (χ1n) is 8.94. The van der Waals surface area contributed by atoms with Gasteiger partial charge in [0, 0.05) is 29.2 Å². The molecule has 0 atom stereocenters. The van der Waals surface area contributed by atoms with Crippen molar-refractivity contribution in [2.75, 3.05) is 31.9 Å². The molecule has 0 aliphatic heterocycles. The molecule has 0 aliphatic rings. The number of carbonyl (C=O) groups excluding carboxylic acids is 1. The van der Waals surface area contributed by atoms with E-state index in [2.05, 4.69) is 15.3 Å². The van der Waals surface area contributed by atoms with E-state index in [4.69, 9.17) is 19.9 Å². The molecule has 0 saturated heterocycles. The van der Waals surface area contributed by atoms with Gasteiger partial charge in [0.05, 0.1) is 20.8 Å². The van der Waals surface area contributed by atoms with Crippen molar-refractivity contribution in [1.29, 1.82) is 0 Å². The lowest BCUT2D eigenvalue weighted by Gasteiger charge is -2.14. The molecule has 3 N–H and O–H groups in total. The van der Waals surface area contributed by atoms with E-state index in [1.54, 1.807) is 51.5 Å². The van der Waals surface area contributed by atoms with Gasteiger partial charge in [-0.1, -0.05) is 12.1 Å². The molecule has 3 aromatic rings. The first-order valence-corrected chi connectivity index (χ1v) is 8.94. The van der Waals surface area contributed by atoms with E-state index in [-0.39, 0.29) is 12.2 Å². The molecule has 150 valence electrons. The lowest BCUT2D eigenvalue weighted by Crippen LogP contribution is -2.11. The lowest BCUT2D eigenvalue weighted by atomic mass is 10.2. The van der Waals surface area contributed by atoms with Crippen LogP contribution in [0.4, 0.5) is 17.2 Å². The molecule has 0 saturated carbocycles. The number of methoxy groups -OCH3 is 2. The summed E-state index contributed by atoms with van der Waals surface area (Å²) < 4.78 is 15.7. The van der Waals surface area contributed by atoms with Crippen molar-refractivity contribution in [2.24, 2.45) is 0 Å². The van der Waals surface area contributed by atoms with E-state index < -0.39 is 5.97 Å². The molecular formula is C21H22N4O4. The van der Waals surface area contributed by atoms with Crippen molar-refractivity contribution in [3.05, 3.63) is 54.2 Å². The largest absolute Gasteiger partial charge is 0.493 e. The summed E-state index contributed by atoms with van der Waals surface area (Å²) >= 11 is 0. The number of anilines is 3. The second-order valence-corrected chi connectivity index (χ2v) is 6.00. The van der Waals surface area contributed by atoms with Crippen LogP contribution in [0.5, 0.6) is 11.5 Å². The van der Waals surface area contributed by atoms with Gasteiger partial charge in [-0.25, -0.2) is 14.8 Å². The number of nitrogen functional groups attached to an aromatic ring is 1. The summed E-state index contributed by atoms with van der Waals surface area (Å²) in [6.07, 6.45) is 1.44. The van der Waals surface area contributed by atoms with Crippen molar-refractivity contribution in [1.82, 2.24) is 9.97 Å². The van der Waals surface area contributed by atoms with Crippen LogP contribution in [0.2, 0.25) is 0 Å². The zero-order valence-corrected chi connectivity index (χ0v) is 16.4. The molecule has 29 heavy (non-hydrogen) atoms. The molecule has 1 aromatic heterocycles. The average Bonchev–Trinajstić information content (AvgIpc) is 2.73. The molecule has 0 fully saturated rings. The predicted molar refractivity (Wildman–Crippen MR) is 111 cm³/mol. The van der Waals surface area contributed by atoms with Crippen molar-refractivity contribution >= 4 is 23.2 Å². The van der Waals surface area contributed by atoms with Crippen LogP contribution >= 0.6 is 0 Å². The summed E-state index contributed by atoms with van der Waals surface area (Å²) in [6, 6.07) is 12.5. The zero-order chi connectivity index (χ0) is 20.8. The highest BCUT2D eigenvalue weighted by molar-refractivity contribution is 5.95. The Labute approximate surface area is 168 Å². The van der Waals surface area contributed by atoms with Crippen LogP contribution in [0, 0.1) is 0 Å². The molecule has 8 nitrogen and oxygen atoms in total. The maximum absolute atomic E-state index is 12.4. The van der Waals surface area contributed by atoms with Gasteiger partial charge in [0.1, 0.15) is 11.4 Å². The summed E-state index contributed by atoms with van der Waals surface area (Å²) in [5, 5.41) is 3.14. The predicted octanol–water partition coefficient (Wildman–Crippen LogP) is 3.66. The molecule has 0 radical (unpaired) electrons. The Balaban J connectivity index is 2.04. The SMILES string of the molecule is CCOC(=O)c1cnc(-c2cccc(N)c2)nc1Nc1ccc(OC)c(OC)c1. The van der Waals surface area contributed by atoms with Gasteiger partial charge >= 0.3 is 5.97 Å². The second-order valence-electron chi connectivity index (χ2n) is 6.00. The van der Waals surface area contributed by atoms with E-state index in [0.717, 1.165) is 5.56 Å². The van der Waals surface area contributed by atoms with Gasteiger partial charge in [-0.3, -0.25) is 0 Å². The monoisotopic (exact) mass is 394 g/mol.